The van der Waals surface area contributed by atoms with Crippen molar-refractivity contribution in [3.8, 4) is 17.0 Å². The lowest BCUT2D eigenvalue weighted by molar-refractivity contribution is -0.126. The number of pyridine rings is 1. The van der Waals surface area contributed by atoms with E-state index >= 15 is 8.78 Å². The van der Waals surface area contributed by atoms with Gasteiger partial charge in [-0.1, -0.05) is 26.5 Å². The number of fused-ring (bicyclic) bond motifs is 3. The Balaban J connectivity index is 1.57. The number of hydrogen-bond donors (Lipinski definition) is 2. The van der Waals surface area contributed by atoms with Crippen LogP contribution in [0.1, 0.15) is 33.6 Å². The highest BCUT2D eigenvalue weighted by Crippen LogP contribution is 2.37. The molecule has 260 valence electrons. The number of halogens is 2. The Bertz CT molecular complexity index is 1860. The van der Waals surface area contributed by atoms with Gasteiger partial charge in [-0.3, -0.25) is 9.36 Å². The van der Waals surface area contributed by atoms with Gasteiger partial charge in [0.2, 0.25) is 5.91 Å². The standard InChI is InChI=1S/C36H42F2N6O5/c1-5-30(46)42-13-14-43(22(4)17-42)35-25-15-27(38)32-31-26(37)7-6-8-29(31)48-20-28(45)33(49-19-23-9-10-23)24(11-12-39-16-21(2)3)18-44(34(25)40-32)36(47)41-35/h5-8,11-12,15,18,21-23,28,33,39,45H,1,9-10,13-14,16-17,19-20H2,2-4H3/b12-11-,24-18-/t22-,28?,33?/m0/s1. The molecule has 1 aliphatic carbocycles. The second-order valence-corrected chi connectivity index (χ2v) is 13.3. The molecule has 1 saturated carbocycles. The Morgan fingerprint density at radius 2 is 2.02 bits per heavy atom. The molecule has 3 atom stereocenters. The number of piperazine rings is 1. The summed E-state index contributed by atoms with van der Waals surface area (Å²) in [6, 6.07) is 4.99. The number of carbonyl (C=O) groups is 1. The largest absolute Gasteiger partial charge is 0.490 e. The summed E-state index contributed by atoms with van der Waals surface area (Å²) in [6.07, 6.45) is 6.01. The lowest BCUT2D eigenvalue weighted by atomic mass is 10.0. The Morgan fingerprint density at radius 3 is 2.73 bits per heavy atom. The molecule has 1 aromatic carbocycles. The van der Waals surface area contributed by atoms with Crippen molar-refractivity contribution in [1.29, 1.82) is 0 Å². The molecule has 2 N–H and O–H groups in total. The second-order valence-electron chi connectivity index (χ2n) is 13.3. The Hall–Kier alpha value is -4.62. The van der Waals surface area contributed by atoms with Crippen LogP contribution in [0.3, 0.4) is 0 Å². The van der Waals surface area contributed by atoms with Crippen molar-refractivity contribution < 1.29 is 28.2 Å². The quantitative estimate of drug-likeness (QED) is 0.323. The number of carbonyl (C=O) groups excluding carboxylic acids is 1. The number of ether oxygens (including phenoxy) is 2. The molecular formula is C36H42F2N6O5. The van der Waals surface area contributed by atoms with Crippen LogP contribution in [0.15, 0.2) is 59.6 Å². The van der Waals surface area contributed by atoms with Gasteiger partial charge in [-0.05, 0) is 68.2 Å². The van der Waals surface area contributed by atoms with Crippen molar-refractivity contribution in [2.24, 2.45) is 11.8 Å². The molecule has 11 nitrogen and oxygen atoms in total. The van der Waals surface area contributed by atoms with Crippen molar-refractivity contribution in [3.63, 3.8) is 0 Å². The third-order valence-corrected chi connectivity index (χ3v) is 8.92. The van der Waals surface area contributed by atoms with Gasteiger partial charge in [0.25, 0.3) is 0 Å². The summed E-state index contributed by atoms with van der Waals surface area (Å²) in [5.41, 5.74) is -0.878. The van der Waals surface area contributed by atoms with Crippen molar-refractivity contribution in [3.05, 3.63) is 76.9 Å². The summed E-state index contributed by atoms with van der Waals surface area (Å²) in [5.74, 6) is -0.969. The first-order valence-corrected chi connectivity index (χ1v) is 16.7. The van der Waals surface area contributed by atoms with Gasteiger partial charge in [-0.15, -0.1) is 0 Å². The van der Waals surface area contributed by atoms with E-state index in [-0.39, 0.29) is 52.4 Å². The van der Waals surface area contributed by atoms with Gasteiger partial charge in [0.05, 0.1) is 17.6 Å². The summed E-state index contributed by atoms with van der Waals surface area (Å²) in [7, 11) is 0. The van der Waals surface area contributed by atoms with Crippen LogP contribution in [0, 0.1) is 23.5 Å². The maximum Gasteiger partial charge on any atom is 0.355 e. The van der Waals surface area contributed by atoms with Crippen LogP contribution >= 0.6 is 0 Å². The lowest BCUT2D eigenvalue weighted by Crippen LogP contribution is -2.54. The smallest absolute Gasteiger partial charge is 0.355 e. The monoisotopic (exact) mass is 676 g/mol. The van der Waals surface area contributed by atoms with E-state index in [0.717, 1.165) is 12.8 Å². The number of hydrogen-bond acceptors (Lipinski definition) is 9. The van der Waals surface area contributed by atoms with E-state index in [0.29, 0.717) is 50.2 Å². The fourth-order valence-electron chi connectivity index (χ4n) is 6.12. The Kier molecular flexibility index (Phi) is 10.1. The minimum absolute atomic E-state index is 0.0224. The van der Waals surface area contributed by atoms with Gasteiger partial charge >= 0.3 is 5.69 Å². The number of benzene rings is 1. The average Bonchev–Trinajstić information content (AvgIpc) is 3.90. The van der Waals surface area contributed by atoms with Crippen LogP contribution < -0.4 is 20.6 Å². The minimum atomic E-state index is -1.25. The average molecular weight is 677 g/mol. The first kappa shape index (κ1) is 34.3. The van der Waals surface area contributed by atoms with Crippen LogP contribution in [-0.2, 0) is 9.53 Å². The maximum absolute atomic E-state index is 16.2. The van der Waals surface area contributed by atoms with Crippen molar-refractivity contribution in [2.75, 3.05) is 44.3 Å². The first-order valence-electron chi connectivity index (χ1n) is 16.7. The van der Waals surface area contributed by atoms with Gasteiger partial charge in [0.1, 0.15) is 41.9 Å². The zero-order chi connectivity index (χ0) is 34.8. The molecular weight excluding hydrogens is 634 g/mol. The molecule has 1 saturated heterocycles. The molecule has 2 unspecified atom stereocenters. The summed E-state index contributed by atoms with van der Waals surface area (Å²) < 4.78 is 45.1. The fraction of sp³-hybridized carbons (Fsp3) is 0.444. The van der Waals surface area contributed by atoms with E-state index < -0.39 is 29.5 Å². The number of nitrogens with one attached hydrogen (secondary N) is 1. The summed E-state index contributed by atoms with van der Waals surface area (Å²) >= 11 is 0. The topological polar surface area (TPSA) is 122 Å². The number of nitrogens with zero attached hydrogens (tertiary/aromatic N) is 5. The van der Waals surface area contributed by atoms with Crippen molar-refractivity contribution in [1.82, 2.24) is 24.8 Å². The zero-order valence-electron chi connectivity index (χ0n) is 27.9. The predicted octanol–water partition coefficient (Wildman–Crippen LogP) is 4.11. The summed E-state index contributed by atoms with van der Waals surface area (Å²) in [5, 5.41) is 15.0. The molecule has 2 bridgehead atoms. The van der Waals surface area contributed by atoms with Crippen LogP contribution in [0.5, 0.6) is 5.75 Å². The number of aliphatic hydroxyl groups is 1. The number of anilines is 1. The zero-order valence-corrected chi connectivity index (χ0v) is 27.9. The van der Waals surface area contributed by atoms with Gasteiger partial charge in [-0.25, -0.2) is 18.6 Å². The first-order chi connectivity index (χ1) is 23.5. The number of aromatic nitrogens is 3. The molecule has 3 aliphatic rings. The normalized spacial score (nSPS) is 22.3. The van der Waals surface area contributed by atoms with E-state index in [2.05, 4.69) is 35.7 Å². The highest BCUT2D eigenvalue weighted by Gasteiger charge is 2.33. The van der Waals surface area contributed by atoms with E-state index in [1.54, 1.807) is 17.2 Å². The molecule has 2 fully saturated rings. The molecule has 6 rings (SSSR count). The summed E-state index contributed by atoms with van der Waals surface area (Å²) in [6.45, 7) is 11.3. The van der Waals surface area contributed by atoms with Gasteiger partial charge in [0, 0.05) is 44.0 Å². The van der Waals surface area contributed by atoms with Crippen LogP contribution in [0.4, 0.5) is 14.6 Å². The van der Waals surface area contributed by atoms with Gasteiger partial charge in [-0.2, -0.15) is 4.98 Å². The highest BCUT2D eigenvalue weighted by molar-refractivity contribution is 5.91. The SMILES string of the molecule is C=CC(=O)N1CCN(c2nc(=O)n3c4nc(c(F)cc24)-c2c(F)cccc2OCC(O)C(OCC2CC2)C(/C=C\NCC(C)C)=C\3)[C@@H](C)C1. The molecule has 49 heavy (non-hydrogen) atoms. The van der Waals surface area contributed by atoms with Crippen LogP contribution in [-0.4, -0.2) is 88.1 Å². The van der Waals surface area contributed by atoms with Crippen LogP contribution in [0.25, 0.3) is 28.5 Å². The van der Waals surface area contributed by atoms with Gasteiger partial charge in [0.15, 0.2) is 11.5 Å². The van der Waals surface area contributed by atoms with Crippen LogP contribution in [0.2, 0.25) is 0 Å². The number of amides is 1. The number of aliphatic hydroxyl groups excluding tert-OH is 1. The molecule has 2 aliphatic heterocycles. The van der Waals surface area contributed by atoms with Gasteiger partial charge < -0.3 is 29.7 Å². The molecule has 0 radical (unpaired) electrons. The third kappa shape index (κ3) is 7.37. The lowest BCUT2D eigenvalue weighted by Gasteiger charge is -2.40. The van der Waals surface area contributed by atoms with E-state index in [9.17, 15) is 14.7 Å². The maximum atomic E-state index is 16.2. The highest BCUT2D eigenvalue weighted by atomic mass is 19.1. The predicted molar refractivity (Wildman–Crippen MR) is 183 cm³/mol. The van der Waals surface area contributed by atoms with E-state index in [1.807, 2.05) is 11.8 Å². The Morgan fingerprint density at radius 1 is 1.22 bits per heavy atom. The van der Waals surface area contributed by atoms with Crippen molar-refractivity contribution in [2.45, 2.75) is 51.9 Å². The molecule has 4 heterocycles. The second kappa shape index (κ2) is 14.5. The van der Waals surface area contributed by atoms with E-state index in [1.165, 1.54) is 41.1 Å². The molecule has 3 aromatic rings. The molecule has 2 aromatic heterocycles. The molecule has 13 heteroatoms. The van der Waals surface area contributed by atoms with E-state index in [4.69, 9.17) is 9.47 Å². The minimum Gasteiger partial charge on any atom is -0.490 e. The molecule has 1 amide bonds. The van der Waals surface area contributed by atoms with Crippen molar-refractivity contribution >= 4 is 29.0 Å². The third-order valence-electron chi connectivity index (χ3n) is 8.92. The number of rotatable bonds is 9. The molecule has 0 spiro atoms. The summed E-state index contributed by atoms with van der Waals surface area (Å²) in [4.78, 5) is 38.9. The Labute approximate surface area is 283 Å². The fourth-order valence-corrected chi connectivity index (χ4v) is 6.12.